The molecule has 0 fully saturated rings. The molecule has 0 aromatic carbocycles. The van der Waals surface area contributed by atoms with Gasteiger partial charge in [-0.15, -0.1) is 0 Å². The number of halogens is 1. The monoisotopic (exact) mass is 168 g/mol. The van der Waals surface area contributed by atoms with Crippen LogP contribution in [0.25, 0.3) is 0 Å². The third-order valence-electron chi connectivity index (χ3n) is 1.80. The molecule has 0 radical (unpaired) electrons. The van der Waals surface area contributed by atoms with Crippen LogP contribution in [-0.4, -0.2) is 6.17 Å². The van der Waals surface area contributed by atoms with Crippen molar-refractivity contribution in [3.63, 3.8) is 0 Å². The molecule has 0 aliphatic heterocycles. The first-order chi connectivity index (χ1) is 5.79. The number of hydrogen-bond donors (Lipinski definition) is 0. The van der Waals surface area contributed by atoms with E-state index in [1.54, 1.807) is 6.92 Å². The highest BCUT2D eigenvalue weighted by Crippen LogP contribution is 1.99. The van der Waals surface area contributed by atoms with Gasteiger partial charge in [-0.05, 0) is 13.3 Å². The van der Waals surface area contributed by atoms with Crippen LogP contribution in [0.5, 0.6) is 0 Å². The van der Waals surface area contributed by atoms with E-state index >= 15 is 0 Å². The first-order valence-corrected chi connectivity index (χ1v) is 4.37. The van der Waals surface area contributed by atoms with Crippen LogP contribution in [0.1, 0.15) is 19.8 Å². The van der Waals surface area contributed by atoms with E-state index in [1.165, 1.54) is 0 Å². The smallest absolute Gasteiger partial charge is 0.168 e. The second-order valence-corrected chi connectivity index (χ2v) is 3.04. The largest absolute Gasteiger partial charge is 0.248 e. The zero-order valence-corrected chi connectivity index (χ0v) is 7.41. The highest BCUT2D eigenvalue weighted by molar-refractivity contribution is 4.83. The van der Waals surface area contributed by atoms with E-state index < -0.39 is 6.17 Å². The summed E-state index contributed by atoms with van der Waals surface area (Å²) in [7, 11) is 0. The lowest BCUT2D eigenvalue weighted by Gasteiger charge is -1.98. The van der Waals surface area contributed by atoms with Crippen molar-refractivity contribution in [3.8, 4) is 0 Å². The normalized spacial score (nSPS) is 12.8. The van der Waals surface area contributed by atoms with Crippen LogP contribution >= 0.6 is 0 Å². The summed E-state index contributed by atoms with van der Waals surface area (Å²) in [6.07, 6.45) is 4.90. The summed E-state index contributed by atoms with van der Waals surface area (Å²) in [4.78, 5) is 0. The Kier molecular flexibility index (Phi) is 3.71. The Hall–Kier alpha value is -0.920. The van der Waals surface area contributed by atoms with Crippen LogP contribution in [-0.2, 0) is 6.54 Å². The van der Waals surface area contributed by atoms with Gasteiger partial charge in [0.1, 0.15) is 6.54 Å². The van der Waals surface area contributed by atoms with E-state index in [9.17, 15) is 4.39 Å². The summed E-state index contributed by atoms with van der Waals surface area (Å²) in [5.74, 6) is 0. The molecule has 1 unspecified atom stereocenters. The maximum absolute atomic E-state index is 12.4. The Morgan fingerprint density at radius 1 is 1.25 bits per heavy atom. The van der Waals surface area contributed by atoms with Gasteiger partial charge in [0.25, 0.3) is 0 Å². The second kappa shape index (κ2) is 4.86. The predicted molar refractivity (Wildman–Crippen MR) is 46.4 cm³/mol. The summed E-state index contributed by atoms with van der Waals surface area (Å²) in [5.41, 5.74) is 0. The molecule has 0 N–H and O–H groups in total. The third kappa shape index (κ3) is 3.46. The van der Waals surface area contributed by atoms with Crippen molar-refractivity contribution in [2.75, 3.05) is 0 Å². The van der Waals surface area contributed by atoms with E-state index in [1.807, 2.05) is 30.6 Å². The molecule has 1 heterocycles. The average molecular weight is 168 g/mol. The van der Waals surface area contributed by atoms with Crippen LogP contribution in [0, 0.1) is 0 Å². The van der Waals surface area contributed by atoms with Crippen molar-refractivity contribution >= 4 is 0 Å². The van der Waals surface area contributed by atoms with E-state index in [0.717, 1.165) is 13.0 Å². The first-order valence-electron chi connectivity index (χ1n) is 4.37. The Balaban J connectivity index is 2.25. The average Bonchev–Trinajstić information content (AvgIpc) is 2.05. The van der Waals surface area contributed by atoms with Crippen molar-refractivity contribution in [1.29, 1.82) is 0 Å². The van der Waals surface area contributed by atoms with Crippen molar-refractivity contribution in [1.82, 2.24) is 0 Å². The molecule has 0 aliphatic rings. The minimum Gasteiger partial charge on any atom is -0.248 e. The van der Waals surface area contributed by atoms with Gasteiger partial charge in [-0.2, -0.15) is 0 Å². The first kappa shape index (κ1) is 9.17. The van der Waals surface area contributed by atoms with Crippen LogP contribution in [0.3, 0.4) is 0 Å². The fourth-order valence-corrected chi connectivity index (χ4v) is 1.14. The standard InChI is InChI=1S/C10H15FN/c1-10(11)6-5-9-12-7-3-2-4-8-12/h2-4,7-8,10H,5-6,9H2,1H3/q+1. The van der Waals surface area contributed by atoms with E-state index in [4.69, 9.17) is 0 Å². The van der Waals surface area contributed by atoms with Crippen LogP contribution in [0.2, 0.25) is 0 Å². The van der Waals surface area contributed by atoms with Crippen LogP contribution in [0.4, 0.5) is 4.39 Å². The number of aryl methyl sites for hydroxylation is 1. The molecule has 1 aromatic rings. The molecule has 1 aromatic heterocycles. The van der Waals surface area contributed by atoms with Crippen LogP contribution in [0.15, 0.2) is 30.6 Å². The van der Waals surface area contributed by atoms with Gasteiger partial charge in [-0.3, -0.25) is 0 Å². The molecule has 0 saturated heterocycles. The number of rotatable bonds is 4. The zero-order chi connectivity index (χ0) is 8.81. The number of pyridine rings is 1. The number of nitrogens with zero attached hydrogens (tertiary/aromatic N) is 1. The van der Waals surface area contributed by atoms with Gasteiger partial charge < -0.3 is 0 Å². The molecule has 1 rings (SSSR count). The van der Waals surface area contributed by atoms with E-state index in [2.05, 4.69) is 4.57 Å². The molecule has 1 atom stereocenters. The third-order valence-corrected chi connectivity index (χ3v) is 1.80. The summed E-state index contributed by atoms with van der Waals surface area (Å²) < 4.78 is 14.5. The van der Waals surface area contributed by atoms with Gasteiger partial charge in [-0.25, -0.2) is 8.96 Å². The lowest BCUT2D eigenvalue weighted by atomic mass is 10.2. The van der Waals surface area contributed by atoms with Crippen molar-refractivity contribution in [2.45, 2.75) is 32.5 Å². The molecule has 2 heteroatoms. The maximum atomic E-state index is 12.4. The summed E-state index contributed by atoms with van der Waals surface area (Å²) in [6.45, 7) is 2.52. The summed E-state index contributed by atoms with van der Waals surface area (Å²) in [5, 5.41) is 0. The Morgan fingerprint density at radius 2 is 1.92 bits per heavy atom. The molecule has 0 amide bonds. The molecule has 12 heavy (non-hydrogen) atoms. The van der Waals surface area contributed by atoms with Gasteiger partial charge >= 0.3 is 0 Å². The van der Waals surface area contributed by atoms with Crippen molar-refractivity contribution in [2.24, 2.45) is 0 Å². The van der Waals surface area contributed by atoms with Gasteiger partial charge in [0, 0.05) is 18.6 Å². The molecular weight excluding hydrogens is 153 g/mol. The Bertz CT molecular complexity index is 208. The number of aromatic nitrogens is 1. The molecule has 0 saturated carbocycles. The fraction of sp³-hybridized carbons (Fsp3) is 0.500. The number of hydrogen-bond acceptors (Lipinski definition) is 0. The predicted octanol–water partition coefficient (Wildman–Crippen LogP) is 2.11. The minimum absolute atomic E-state index is 0.655. The molecule has 0 bridgehead atoms. The molecule has 0 spiro atoms. The number of alkyl halides is 1. The SMILES string of the molecule is CC(F)CCC[n+]1ccccc1. The highest BCUT2D eigenvalue weighted by atomic mass is 19.1. The molecule has 66 valence electrons. The fourth-order valence-electron chi connectivity index (χ4n) is 1.14. The van der Waals surface area contributed by atoms with E-state index in [0.29, 0.717) is 6.42 Å². The Morgan fingerprint density at radius 3 is 2.50 bits per heavy atom. The van der Waals surface area contributed by atoms with Gasteiger partial charge in [0.05, 0.1) is 6.17 Å². The molecule has 0 aliphatic carbocycles. The quantitative estimate of drug-likeness (QED) is 0.606. The maximum Gasteiger partial charge on any atom is 0.168 e. The molecule has 1 nitrogen and oxygen atoms in total. The Labute approximate surface area is 72.9 Å². The topological polar surface area (TPSA) is 3.88 Å². The zero-order valence-electron chi connectivity index (χ0n) is 7.41. The van der Waals surface area contributed by atoms with Crippen molar-refractivity contribution in [3.05, 3.63) is 30.6 Å². The second-order valence-electron chi connectivity index (χ2n) is 3.04. The lowest BCUT2D eigenvalue weighted by Crippen LogP contribution is -2.32. The molecular formula is C10H15FN+. The summed E-state index contributed by atoms with van der Waals surface area (Å²) >= 11 is 0. The lowest BCUT2D eigenvalue weighted by molar-refractivity contribution is -0.697. The van der Waals surface area contributed by atoms with Gasteiger partial charge in [-0.1, -0.05) is 6.07 Å². The van der Waals surface area contributed by atoms with Gasteiger partial charge in [0.15, 0.2) is 12.4 Å². The highest BCUT2D eigenvalue weighted by Gasteiger charge is 2.01. The van der Waals surface area contributed by atoms with Crippen LogP contribution < -0.4 is 4.57 Å². The van der Waals surface area contributed by atoms with Gasteiger partial charge in [0.2, 0.25) is 0 Å². The minimum atomic E-state index is -0.672. The van der Waals surface area contributed by atoms with E-state index in [-0.39, 0.29) is 0 Å². The van der Waals surface area contributed by atoms with Crippen molar-refractivity contribution < 1.29 is 8.96 Å². The summed E-state index contributed by atoms with van der Waals surface area (Å²) in [6, 6.07) is 5.95.